The molecule has 0 amide bonds. The molecule has 1 N–H and O–H groups in total. The Bertz CT molecular complexity index is 126. The third kappa shape index (κ3) is 27.7. The molecule has 0 fully saturated rings. The molecule has 0 radical (unpaired) electrons. The van der Waals surface area contributed by atoms with Crippen molar-refractivity contribution in [3.63, 3.8) is 0 Å². The van der Waals surface area contributed by atoms with E-state index in [-0.39, 0.29) is 0 Å². The fourth-order valence-corrected chi connectivity index (χ4v) is 0.219. The van der Waals surface area contributed by atoms with Gasteiger partial charge in [-0.2, -0.15) is 0 Å². The van der Waals surface area contributed by atoms with Crippen LogP contribution in [0.3, 0.4) is 0 Å². The predicted octanol–water partition coefficient (Wildman–Crippen LogP) is 2.62. The Labute approximate surface area is 68.2 Å². The number of hydrogen-bond donors (Lipinski definition) is 1. The molecule has 0 atom stereocenters. The molecule has 2 nitrogen and oxygen atoms in total. The number of carboxylic acid groups (broad SMARTS) is 1. The molecule has 0 aliphatic carbocycles. The summed E-state index contributed by atoms with van der Waals surface area (Å²) in [6.07, 6.45) is 6.48. The van der Waals surface area contributed by atoms with Crippen molar-refractivity contribution < 1.29 is 9.90 Å². The summed E-state index contributed by atoms with van der Waals surface area (Å²) >= 11 is 0. The normalized spacial score (nSPS) is 8.55. The van der Waals surface area contributed by atoms with E-state index in [4.69, 9.17) is 5.11 Å². The monoisotopic (exact) mass is 156 g/mol. The minimum absolute atomic E-state index is 0.784. The summed E-state index contributed by atoms with van der Waals surface area (Å²) in [5, 5.41) is 7.96. The number of allylic oxidation sites excluding steroid dienone is 2. The van der Waals surface area contributed by atoms with Gasteiger partial charge in [-0.15, -0.1) is 6.58 Å². The summed E-state index contributed by atoms with van der Waals surface area (Å²) in [5.41, 5.74) is 0. The summed E-state index contributed by atoms with van der Waals surface area (Å²) in [5.74, 6) is -0.873. The molecule has 0 aliphatic rings. The van der Waals surface area contributed by atoms with Gasteiger partial charge in [-0.05, 0) is 12.8 Å². The first-order chi connectivity index (χ1) is 5.18. The van der Waals surface area contributed by atoms with Gasteiger partial charge in [0.15, 0.2) is 0 Å². The fourth-order valence-electron chi connectivity index (χ4n) is 0.219. The van der Waals surface area contributed by atoms with E-state index in [2.05, 4.69) is 13.5 Å². The zero-order chi connectivity index (χ0) is 9.11. The number of aliphatic carboxylic acids is 1. The third-order valence-electron chi connectivity index (χ3n) is 0.785. The lowest BCUT2D eigenvalue weighted by molar-refractivity contribution is -0.131. The van der Waals surface area contributed by atoms with Crippen LogP contribution >= 0.6 is 0 Å². The third-order valence-corrected chi connectivity index (χ3v) is 0.785. The highest BCUT2D eigenvalue weighted by Crippen LogP contribution is 1.76. The van der Waals surface area contributed by atoms with Crippen molar-refractivity contribution in [2.45, 2.75) is 26.7 Å². The van der Waals surface area contributed by atoms with Gasteiger partial charge in [0.25, 0.3) is 0 Å². The number of carbonyl (C=O) groups is 1. The van der Waals surface area contributed by atoms with Gasteiger partial charge in [0, 0.05) is 6.08 Å². The lowest BCUT2D eigenvalue weighted by Crippen LogP contribution is -1.84. The molecular weight excluding hydrogens is 140 g/mol. The maximum atomic E-state index is 9.67. The Hall–Kier alpha value is -1.05. The maximum Gasteiger partial charge on any atom is 0.327 e. The van der Waals surface area contributed by atoms with Crippen molar-refractivity contribution in [3.05, 3.63) is 24.8 Å². The molecule has 64 valence electrons. The minimum Gasteiger partial charge on any atom is -0.478 e. The maximum absolute atomic E-state index is 9.67. The minimum atomic E-state index is -0.873. The summed E-state index contributed by atoms with van der Waals surface area (Å²) in [6.45, 7) is 7.43. The quantitative estimate of drug-likeness (QED) is 0.503. The Morgan fingerprint density at radius 3 is 2.00 bits per heavy atom. The average Bonchev–Trinajstić information content (AvgIpc) is 2.01. The van der Waals surface area contributed by atoms with Gasteiger partial charge >= 0.3 is 5.97 Å². The number of rotatable bonds is 3. The Morgan fingerprint density at radius 1 is 1.45 bits per heavy atom. The largest absolute Gasteiger partial charge is 0.478 e. The molecule has 0 aliphatic heterocycles. The van der Waals surface area contributed by atoms with E-state index in [1.807, 2.05) is 13.0 Å². The van der Waals surface area contributed by atoms with Crippen LogP contribution in [0.1, 0.15) is 26.7 Å². The van der Waals surface area contributed by atoms with Crippen LogP contribution in [0.4, 0.5) is 0 Å². The van der Waals surface area contributed by atoms with Gasteiger partial charge in [0.05, 0.1) is 0 Å². The van der Waals surface area contributed by atoms with Crippen molar-refractivity contribution >= 4 is 5.97 Å². The van der Waals surface area contributed by atoms with Gasteiger partial charge in [-0.25, -0.2) is 4.79 Å². The summed E-state index contributed by atoms with van der Waals surface area (Å²) < 4.78 is 0. The Balaban J connectivity index is 0. The number of hydrogen-bond acceptors (Lipinski definition) is 1. The summed E-state index contributed by atoms with van der Waals surface area (Å²) in [4.78, 5) is 9.67. The van der Waals surface area contributed by atoms with Crippen LogP contribution < -0.4 is 0 Å². The second kappa shape index (κ2) is 11.7. The van der Waals surface area contributed by atoms with Gasteiger partial charge in [0.1, 0.15) is 0 Å². The second-order valence-electron chi connectivity index (χ2n) is 1.85. The topological polar surface area (TPSA) is 37.3 Å². The van der Waals surface area contributed by atoms with Crippen LogP contribution in [-0.4, -0.2) is 11.1 Å². The molecule has 0 spiro atoms. The Morgan fingerprint density at radius 2 is 1.91 bits per heavy atom. The van der Waals surface area contributed by atoms with Crippen LogP contribution in [-0.2, 0) is 4.79 Å². The Kier molecular flexibility index (Phi) is 13.4. The highest BCUT2D eigenvalue weighted by Gasteiger charge is 1.79. The molecule has 0 unspecified atom stereocenters. The van der Waals surface area contributed by atoms with Crippen molar-refractivity contribution in [2.24, 2.45) is 0 Å². The molecule has 0 aromatic heterocycles. The van der Waals surface area contributed by atoms with Crippen molar-refractivity contribution in [1.82, 2.24) is 0 Å². The standard InChI is InChI=1S/C5H8O2.C4H8/c1-2-3-4-5(6)7;1-3-4-2/h3-4H,2H2,1H3,(H,6,7);3H,1,4H2,2H3. The van der Waals surface area contributed by atoms with E-state index in [9.17, 15) is 4.79 Å². The highest BCUT2D eigenvalue weighted by atomic mass is 16.4. The van der Waals surface area contributed by atoms with Crippen LogP contribution in [0.25, 0.3) is 0 Å². The van der Waals surface area contributed by atoms with Crippen LogP contribution in [0.5, 0.6) is 0 Å². The van der Waals surface area contributed by atoms with E-state index < -0.39 is 5.97 Å². The first kappa shape index (κ1) is 12.6. The van der Waals surface area contributed by atoms with Crippen LogP contribution in [0.15, 0.2) is 24.8 Å². The van der Waals surface area contributed by atoms with E-state index in [1.165, 1.54) is 0 Å². The average molecular weight is 156 g/mol. The van der Waals surface area contributed by atoms with Gasteiger partial charge in [-0.1, -0.05) is 26.0 Å². The van der Waals surface area contributed by atoms with E-state index in [1.54, 1.807) is 6.08 Å². The van der Waals surface area contributed by atoms with E-state index in [0.29, 0.717) is 0 Å². The lowest BCUT2D eigenvalue weighted by atomic mass is 10.4. The SMILES string of the molecule is C=CCC.CCC=CC(=O)O. The fraction of sp³-hybridized carbons (Fsp3) is 0.444. The van der Waals surface area contributed by atoms with E-state index in [0.717, 1.165) is 18.9 Å². The van der Waals surface area contributed by atoms with Crippen LogP contribution in [0, 0.1) is 0 Å². The second-order valence-corrected chi connectivity index (χ2v) is 1.85. The molecule has 11 heavy (non-hydrogen) atoms. The zero-order valence-electron chi connectivity index (χ0n) is 7.21. The molecule has 0 aromatic rings. The first-order valence-corrected chi connectivity index (χ1v) is 3.69. The predicted molar refractivity (Wildman–Crippen MR) is 47.6 cm³/mol. The zero-order valence-corrected chi connectivity index (χ0v) is 7.21. The molecule has 0 saturated heterocycles. The van der Waals surface area contributed by atoms with Gasteiger partial charge in [-0.3, -0.25) is 0 Å². The van der Waals surface area contributed by atoms with Gasteiger partial charge in [0.2, 0.25) is 0 Å². The molecule has 0 heterocycles. The molecule has 2 heteroatoms. The molecule has 0 saturated carbocycles. The van der Waals surface area contributed by atoms with Crippen molar-refractivity contribution in [1.29, 1.82) is 0 Å². The van der Waals surface area contributed by atoms with E-state index >= 15 is 0 Å². The molecule has 0 bridgehead atoms. The summed E-state index contributed by atoms with van der Waals surface area (Å²) in [6, 6.07) is 0. The highest BCUT2D eigenvalue weighted by molar-refractivity contribution is 5.79. The number of carboxylic acids is 1. The lowest BCUT2D eigenvalue weighted by Gasteiger charge is -1.73. The van der Waals surface area contributed by atoms with Gasteiger partial charge < -0.3 is 5.11 Å². The molecular formula is C9H16O2. The summed E-state index contributed by atoms with van der Waals surface area (Å²) in [7, 11) is 0. The van der Waals surface area contributed by atoms with Crippen molar-refractivity contribution in [3.8, 4) is 0 Å². The smallest absolute Gasteiger partial charge is 0.327 e. The molecule has 0 aromatic carbocycles. The first-order valence-electron chi connectivity index (χ1n) is 3.69. The van der Waals surface area contributed by atoms with Crippen LogP contribution in [0.2, 0.25) is 0 Å². The van der Waals surface area contributed by atoms with Crippen molar-refractivity contribution in [2.75, 3.05) is 0 Å². The molecule has 0 rings (SSSR count).